The van der Waals surface area contributed by atoms with E-state index in [4.69, 9.17) is 0 Å². The number of hydrazone groups is 2. The summed E-state index contributed by atoms with van der Waals surface area (Å²) in [6.07, 6.45) is 17.2. The van der Waals surface area contributed by atoms with Crippen LogP contribution in [0.3, 0.4) is 0 Å². The third-order valence-corrected chi connectivity index (χ3v) is 6.28. The summed E-state index contributed by atoms with van der Waals surface area (Å²) < 4.78 is 0. The van der Waals surface area contributed by atoms with Crippen LogP contribution in [0.25, 0.3) is 0 Å². The number of rotatable bonds is 10. The van der Waals surface area contributed by atoms with Crippen LogP contribution in [-0.2, 0) is 4.79 Å². The molecule has 1 aromatic carbocycles. The molecule has 2 aliphatic carbocycles. The summed E-state index contributed by atoms with van der Waals surface area (Å²) in [5, 5.41) is 11.5. The minimum Gasteiger partial charge on any atom is -0.385 e. The smallest absolute Gasteiger partial charge is 0.271 e. The summed E-state index contributed by atoms with van der Waals surface area (Å²) >= 11 is 0. The van der Waals surface area contributed by atoms with Gasteiger partial charge in [-0.15, -0.1) is 0 Å². The number of nitrogens with one attached hydrogen (secondary N) is 3. The fourth-order valence-electron chi connectivity index (χ4n) is 4.32. The predicted molar refractivity (Wildman–Crippen MR) is 130 cm³/mol. The second kappa shape index (κ2) is 13.7. The first-order valence-electron chi connectivity index (χ1n) is 12.2. The Kier molecular flexibility index (Phi) is 10.2. The van der Waals surface area contributed by atoms with Crippen LogP contribution < -0.4 is 16.2 Å². The first kappa shape index (κ1) is 24.0. The maximum absolute atomic E-state index is 12.2. The molecule has 0 unspecified atom stereocenters. The van der Waals surface area contributed by atoms with E-state index >= 15 is 0 Å². The van der Waals surface area contributed by atoms with Gasteiger partial charge < -0.3 is 5.32 Å². The van der Waals surface area contributed by atoms with Crippen LogP contribution in [-0.4, -0.2) is 30.8 Å². The Morgan fingerprint density at radius 2 is 1.38 bits per heavy atom. The standard InChI is InChI=1S/C25H37N5O2/c31-24(29-27-18-20-8-3-1-4-9-20)12-7-17-26-23-15-13-22(14-16-23)25(32)30-28-19-21-10-5-2-6-11-21/h13-16,18-21,26H,1-12,17H2,(H,29,31)(H,30,32)/b27-18+,28-19+. The second-order valence-electron chi connectivity index (χ2n) is 8.94. The van der Waals surface area contributed by atoms with E-state index < -0.39 is 0 Å². The first-order valence-corrected chi connectivity index (χ1v) is 12.2. The Labute approximate surface area is 191 Å². The zero-order valence-corrected chi connectivity index (χ0v) is 19.0. The highest BCUT2D eigenvalue weighted by Gasteiger charge is 2.12. The molecule has 174 valence electrons. The molecule has 0 aliphatic heterocycles. The number of anilines is 1. The molecular formula is C25H37N5O2. The lowest BCUT2D eigenvalue weighted by Crippen LogP contribution is -2.20. The van der Waals surface area contributed by atoms with Gasteiger partial charge in [0.1, 0.15) is 0 Å². The van der Waals surface area contributed by atoms with Crippen molar-refractivity contribution in [3.05, 3.63) is 29.8 Å². The number of hydrogen-bond donors (Lipinski definition) is 3. The summed E-state index contributed by atoms with van der Waals surface area (Å²) in [5.41, 5.74) is 6.75. The summed E-state index contributed by atoms with van der Waals surface area (Å²) in [6.45, 7) is 0.678. The second-order valence-corrected chi connectivity index (χ2v) is 8.94. The summed E-state index contributed by atoms with van der Waals surface area (Å²) in [6, 6.07) is 7.30. The molecule has 0 saturated heterocycles. The van der Waals surface area contributed by atoms with Crippen molar-refractivity contribution in [2.45, 2.75) is 77.0 Å². The van der Waals surface area contributed by atoms with Crippen molar-refractivity contribution in [3.63, 3.8) is 0 Å². The highest BCUT2D eigenvalue weighted by molar-refractivity contribution is 5.94. The van der Waals surface area contributed by atoms with Gasteiger partial charge in [-0.2, -0.15) is 10.2 Å². The molecule has 0 spiro atoms. The molecule has 0 heterocycles. The number of benzene rings is 1. The highest BCUT2D eigenvalue weighted by Crippen LogP contribution is 2.22. The van der Waals surface area contributed by atoms with Gasteiger partial charge in [0.05, 0.1) is 0 Å². The Morgan fingerprint density at radius 1 is 0.812 bits per heavy atom. The van der Waals surface area contributed by atoms with Gasteiger partial charge in [0.2, 0.25) is 5.91 Å². The molecular weight excluding hydrogens is 402 g/mol. The third kappa shape index (κ3) is 8.81. The molecule has 0 aromatic heterocycles. The van der Waals surface area contributed by atoms with Crippen LogP contribution in [0.15, 0.2) is 34.5 Å². The van der Waals surface area contributed by atoms with Gasteiger partial charge in [-0.05, 0) is 68.2 Å². The molecule has 1 aromatic rings. The van der Waals surface area contributed by atoms with Crippen molar-refractivity contribution in [1.82, 2.24) is 10.9 Å². The first-order chi connectivity index (χ1) is 15.7. The molecule has 2 aliphatic rings. The lowest BCUT2D eigenvalue weighted by molar-refractivity contribution is -0.121. The predicted octanol–water partition coefficient (Wildman–Crippen LogP) is 4.86. The highest BCUT2D eigenvalue weighted by atomic mass is 16.2. The van der Waals surface area contributed by atoms with E-state index in [-0.39, 0.29) is 11.8 Å². The summed E-state index contributed by atoms with van der Waals surface area (Å²) in [4.78, 5) is 24.1. The van der Waals surface area contributed by atoms with Crippen LogP contribution in [0.5, 0.6) is 0 Å². The molecule has 2 amide bonds. The van der Waals surface area contributed by atoms with Gasteiger partial charge in [0.25, 0.3) is 5.91 Å². The lowest BCUT2D eigenvalue weighted by atomic mass is 9.90. The van der Waals surface area contributed by atoms with Crippen LogP contribution in [0.4, 0.5) is 5.69 Å². The zero-order chi connectivity index (χ0) is 22.4. The Bertz CT molecular complexity index is 763. The van der Waals surface area contributed by atoms with Gasteiger partial charge in [0, 0.05) is 36.6 Å². The van der Waals surface area contributed by atoms with Gasteiger partial charge in [0.15, 0.2) is 0 Å². The van der Waals surface area contributed by atoms with Gasteiger partial charge in [-0.3, -0.25) is 9.59 Å². The molecule has 2 saturated carbocycles. The van der Waals surface area contributed by atoms with E-state index in [1.54, 1.807) is 12.1 Å². The van der Waals surface area contributed by atoms with E-state index in [2.05, 4.69) is 26.4 Å². The number of carbonyl (C=O) groups excluding carboxylic acids is 2. The minimum absolute atomic E-state index is 0.0559. The van der Waals surface area contributed by atoms with Crippen LogP contribution >= 0.6 is 0 Å². The number of carbonyl (C=O) groups is 2. The maximum atomic E-state index is 12.2. The molecule has 0 bridgehead atoms. The molecule has 7 heteroatoms. The average Bonchev–Trinajstić information content (AvgIpc) is 2.83. The Morgan fingerprint density at radius 3 is 1.97 bits per heavy atom. The number of hydrogen-bond acceptors (Lipinski definition) is 5. The van der Waals surface area contributed by atoms with Crippen molar-refractivity contribution >= 4 is 29.9 Å². The Hall–Kier alpha value is -2.70. The van der Waals surface area contributed by atoms with E-state index in [0.717, 1.165) is 18.5 Å². The fraction of sp³-hybridized carbons (Fsp3) is 0.600. The summed E-state index contributed by atoms with van der Waals surface area (Å²) in [5.74, 6) is 0.745. The normalized spacial score (nSPS) is 18.1. The monoisotopic (exact) mass is 439 g/mol. The van der Waals surface area contributed by atoms with Crippen molar-refractivity contribution in [1.29, 1.82) is 0 Å². The van der Waals surface area contributed by atoms with Crippen LogP contribution in [0.2, 0.25) is 0 Å². The SMILES string of the molecule is O=C(CCCNc1ccc(C(=O)N/N=C/C2CCCCC2)cc1)N/N=C/C1CCCCC1. The minimum atomic E-state index is -0.200. The largest absolute Gasteiger partial charge is 0.385 e. The van der Waals surface area contributed by atoms with Gasteiger partial charge >= 0.3 is 0 Å². The van der Waals surface area contributed by atoms with Crippen molar-refractivity contribution < 1.29 is 9.59 Å². The third-order valence-electron chi connectivity index (χ3n) is 6.28. The van der Waals surface area contributed by atoms with Crippen molar-refractivity contribution in [2.24, 2.45) is 22.0 Å². The van der Waals surface area contributed by atoms with Gasteiger partial charge in [-0.1, -0.05) is 38.5 Å². The van der Waals surface area contributed by atoms with E-state index in [0.29, 0.717) is 36.8 Å². The molecule has 0 atom stereocenters. The van der Waals surface area contributed by atoms with E-state index in [1.165, 1.54) is 51.4 Å². The molecule has 32 heavy (non-hydrogen) atoms. The Balaban J connectivity index is 1.28. The maximum Gasteiger partial charge on any atom is 0.271 e. The van der Waals surface area contributed by atoms with Gasteiger partial charge in [-0.25, -0.2) is 10.9 Å². The lowest BCUT2D eigenvalue weighted by Gasteiger charge is -2.16. The molecule has 3 rings (SSSR count). The molecule has 7 nitrogen and oxygen atoms in total. The van der Waals surface area contributed by atoms with Crippen molar-refractivity contribution in [2.75, 3.05) is 11.9 Å². The molecule has 2 fully saturated rings. The quantitative estimate of drug-likeness (QED) is 0.276. The zero-order valence-electron chi connectivity index (χ0n) is 19.0. The fourth-order valence-corrected chi connectivity index (χ4v) is 4.32. The van der Waals surface area contributed by atoms with E-state index in [9.17, 15) is 9.59 Å². The number of amides is 2. The van der Waals surface area contributed by atoms with Crippen LogP contribution in [0, 0.1) is 11.8 Å². The topological polar surface area (TPSA) is 95.0 Å². The summed E-state index contributed by atoms with van der Waals surface area (Å²) in [7, 11) is 0. The molecule has 0 radical (unpaired) electrons. The molecule has 3 N–H and O–H groups in total. The van der Waals surface area contributed by atoms with Crippen molar-refractivity contribution in [3.8, 4) is 0 Å². The average molecular weight is 440 g/mol. The number of nitrogens with zero attached hydrogens (tertiary/aromatic N) is 2. The van der Waals surface area contributed by atoms with E-state index in [1.807, 2.05) is 24.6 Å². The van der Waals surface area contributed by atoms with Crippen LogP contribution in [0.1, 0.15) is 87.4 Å².